The number of aromatic nitrogens is 1. The standard InChI is InChI=1S/C13H11Cl2N3O/c14-9-4-3-5-10(15)13(9)17-8-12(19)18-11-6-1-2-7-16-11/h1-7,17H,8H2,(H,16,18,19). The fourth-order valence-electron chi connectivity index (χ4n) is 1.46. The molecule has 4 nitrogen and oxygen atoms in total. The third-order valence-corrected chi connectivity index (χ3v) is 2.95. The molecule has 2 N–H and O–H groups in total. The predicted molar refractivity (Wildman–Crippen MR) is 77.8 cm³/mol. The van der Waals surface area contributed by atoms with Crippen LogP contribution < -0.4 is 10.6 Å². The number of para-hydroxylation sites is 1. The van der Waals surface area contributed by atoms with Gasteiger partial charge in [0.05, 0.1) is 22.3 Å². The van der Waals surface area contributed by atoms with Crippen molar-refractivity contribution in [1.82, 2.24) is 4.98 Å². The van der Waals surface area contributed by atoms with Crippen molar-refractivity contribution in [2.24, 2.45) is 0 Å². The molecule has 0 aliphatic carbocycles. The Morgan fingerprint density at radius 3 is 2.47 bits per heavy atom. The number of amides is 1. The van der Waals surface area contributed by atoms with E-state index in [1.807, 2.05) is 0 Å². The summed E-state index contributed by atoms with van der Waals surface area (Å²) < 4.78 is 0. The molecule has 0 saturated carbocycles. The summed E-state index contributed by atoms with van der Waals surface area (Å²) in [6.07, 6.45) is 1.61. The van der Waals surface area contributed by atoms with Crippen LogP contribution in [0.4, 0.5) is 11.5 Å². The summed E-state index contributed by atoms with van der Waals surface area (Å²) in [5, 5.41) is 6.49. The molecule has 0 saturated heterocycles. The molecule has 1 aromatic carbocycles. The van der Waals surface area contributed by atoms with Gasteiger partial charge in [-0.1, -0.05) is 35.3 Å². The molecule has 98 valence electrons. The van der Waals surface area contributed by atoms with E-state index >= 15 is 0 Å². The molecule has 2 rings (SSSR count). The molecule has 6 heteroatoms. The van der Waals surface area contributed by atoms with E-state index in [0.29, 0.717) is 21.6 Å². The SMILES string of the molecule is O=C(CNc1c(Cl)cccc1Cl)Nc1ccccn1. The molecule has 0 aliphatic rings. The molecular weight excluding hydrogens is 285 g/mol. The number of pyridine rings is 1. The summed E-state index contributed by atoms with van der Waals surface area (Å²) in [5.41, 5.74) is 0.544. The van der Waals surface area contributed by atoms with E-state index in [1.54, 1.807) is 42.6 Å². The Bertz CT molecular complexity index is 555. The van der Waals surface area contributed by atoms with Crippen LogP contribution in [-0.2, 0) is 4.79 Å². The number of rotatable bonds is 4. The fourth-order valence-corrected chi connectivity index (χ4v) is 1.99. The van der Waals surface area contributed by atoms with E-state index in [2.05, 4.69) is 15.6 Å². The van der Waals surface area contributed by atoms with Gasteiger partial charge in [-0.25, -0.2) is 4.98 Å². The second-order valence-corrected chi connectivity index (χ2v) is 4.53. The van der Waals surface area contributed by atoms with Gasteiger partial charge in [-0.15, -0.1) is 0 Å². The number of carbonyl (C=O) groups excluding carboxylic acids is 1. The van der Waals surface area contributed by atoms with E-state index in [9.17, 15) is 4.79 Å². The van der Waals surface area contributed by atoms with E-state index < -0.39 is 0 Å². The third kappa shape index (κ3) is 3.84. The Kier molecular flexibility index (Phi) is 4.60. The minimum absolute atomic E-state index is 0.0556. The third-order valence-electron chi connectivity index (χ3n) is 2.32. The maximum absolute atomic E-state index is 11.7. The van der Waals surface area contributed by atoms with Gasteiger partial charge in [0, 0.05) is 6.20 Å². The molecule has 0 aliphatic heterocycles. The highest BCUT2D eigenvalue weighted by Crippen LogP contribution is 2.29. The average Bonchev–Trinajstić information content (AvgIpc) is 2.39. The van der Waals surface area contributed by atoms with Crippen LogP contribution in [0.3, 0.4) is 0 Å². The Morgan fingerprint density at radius 1 is 1.11 bits per heavy atom. The summed E-state index contributed by atoms with van der Waals surface area (Å²) in [6, 6.07) is 10.4. The second-order valence-electron chi connectivity index (χ2n) is 3.71. The van der Waals surface area contributed by atoms with Crippen LogP contribution in [-0.4, -0.2) is 17.4 Å². The van der Waals surface area contributed by atoms with Gasteiger partial charge in [0.1, 0.15) is 5.82 Å². The van der Waals surface area contributed by atoms with Crippen molar-refractivity contribution >= 4 is 40.6 Å². The average molecular weight is 296 g/mol. The van der Waals surface area contributed by atoms with Crippen LogP contribution in [0, 0.1) is 0 Å². The van der Waals surface area contributed by atoms with E-state index in [1.165, 1.54) is 0 Å². The van der Waals surface area contributed by atoms with Gasteiger partial charge >= 0.3 is 0 Å². The van der Waals surface area contributed by atoms with Crippen LogP contribution in [0.5, 0.6) is 0 Å². The lowest BCUT2D eigenvalue weighted by Gasteiger charge is -2.10. The first-order valence-corrected chi connectivity index (χ1v) is 6.31. The van der Waals surface area contributed by atoms with E-state index in [4.69, 9.17) is 23.2 Å². The fraction of sp³-hybridized carbons (Fsp3) is 0.0769. The predicted octanol–water partition coefficient (Wildman–Crippen LogP) is 3.44. The zero-order valence-electron chi connectivity index (χ0n) is 9.86. The van der Waals surface area contributed by atoms with E-state index in [0.717, 1.165) is 0 Å². The van der Waals surface area contributed by atoms with Gasteiger partial charge in [0.15, 0.2) is 0 Å². The van der Waals surface area contributed by atoms with Gasteiger partial charge in [0.25, 0.3) is 0 Å². The molecule has 0 bridgehead atoms. The van der Waals surface area contributed by atoms with Crippen molar-refractivity contribution in [3.05, 3.63) is 52.6 Å². The Balaban J connectivity index is 1.94. The number of halogens is 2. The molecule has 19 heavy (non-hydrogen) atoms. The second kappa shape index (κ2) is 6.41. The van der Waals surface area contributed by atoms with Crippen LogP contribution in [0.2, 0.25) is 10.0 Å². The maximum atomic E-state index is 11.7. The normalized spacial score (nSPS) is 10.0. The smallest absolute Gasteiger partial charge is 0.244 e. The number of hydrogen-bond donors (Lipinski definition) is 2. The molecule has 0 atom stereocenters. The highest BCUT2D eigenvalue weighted by Gasteiger charge is 2.07. The minimum atomic E-state index is -0.227. The Labute approximate surface area is 120 Å². The lowest BCUT2D eigenvalue weighted by Crippen LogP contribution is -2.22. The zero-order chi connectivity index (χ0) is 13.7. The first kappa shape index (κ1) is 13.6. The van der Waals surface area contributed by atoms with Crippen molar-refractivity contribution in [3.8, 4) is 0 Å². The van der Waals surface area contributed by atoms with Gasteiger partial charge in [-0.2, -0.15) is 0 Å². The summed E-state index contributed by atoms with van der Waals surface area (Å²) in [7, 11) is 0. The number of benzene rings is 1. The summed E-state index contributed by atoms with van der Waals surface area (Å²) in [5.74, 6) is 0.272. The Morgan fingerprint density at radius 2 is 1.84 bits per heavy atom. The first-order chi connectivity index (χ1) is 9.16. The molecule has 0 spiro atoms. The Hall–Kier alpha value is -1.78. The molecule has 1 amide bonds. The van der Waals surface area contributed by atoms with Crippen LogP contribution in [0.15, 0.2) is 42.6 Å². The zero-order valence-corrected chi connectivity index (χ0v) is 11.4. The van der Waals surface area contributed by atoms with Crippen LogP contribution >= 0.6 is 23.2 Å². The largest absolute Gasteiger partial charge is 0.374 e. The highest BCUT2D eigenvalue weighted by atomic mass is 35.5. The summed E-state index contributed by atoms with van der Waals surface area (Å²) >= 11 is 12.0. The molecule has 1 heterocycles. The lowest BCUT2D eigenvalue weighted by atomic mass is 10.3. The molecule has 0 radical (unpaired) electrons. The number of nitrogens with one attached hydrogen (secondary N) is 2. The van der Waals surface area contributed by atoms with E-state index in [-0.39, 0.29) is 12.5 Å². The molecule has 0 fully saturated rings. The van der Waals surface area contributed by atoms with Crippen LogP contribution in [0.1, 0.15) is 0 Å². The number of hydrogen-bond acceptors (Lipinski definition) is 3. The van der Waals surface area contributed by atoms with Crippen molar-refractivity contribution in [3.63, 3.8) is 0 Å². The van der Waals surface area contributed by atoms with Gasteiger partial charge in [-0.3, -0.25) is 4.79 Å². The number of anilines is 2. The topological polar surface area (TPSA) is 54.0 Å². The first-order valence-electron chi connectivity index (χ1n) is 5.55. The number of carbonyl (C=O) groups is 1. The van der Waals surface area contributed by atoms with Crippen molar-refractivity contribution in [2.75, 3.05) is 17.2 Å². The molecule has 1 aromatic heterocycles. The number of nitrogens with zero attached hydrogens (tertiary/aromatic N) is 1. The quantitative estimate of drug-likeness (QED) is 0.908. The highest BCUT2D eigenvalue weighted by molar-refractivity contribution is 6.39. The van der Waals surface area contributed by atoms with Crippen molar-refractivity contribution in [2.45, 2.75) is 0 Å². The maximum Gasteiger partial charge on any atom is 0.244 e. The minimum Gasteiger partial charge on any atom is -0.374 e. The van der Waals surface area contributed by atoms with Crippen molar-refractivity contribution < 1.29 is 4.79 Å². The molecule has 2 aromatic rings. The monoisotopic (exact) mass is 295 g/mol. The van der Waals surface area contributed by atoms with Crippen LogP contribution in [0.25, 0.3) is 0 Å². The van der Waals surface area contributed by atoms with Gasteiger partial charge < -0.3 is 10.6 Å². The van der Waals surface area contributed by atoms with Gasteiger partial charge in [-0.05, 0) is 24.3 Å². The summed E-state index contributed by atoms with van der Waals surface area (Å²) in [4.78, 5) is 15.7. The summed E-state index contributed by atoms with van der Waals surface area (Å²) in [6.45, 7) is 0.0556. The van der Waals surface area contributed by atoms with Gasteiger partial charge in [0.2, 0.25) is 5.91 Å². The van der Waals surface area contributed by atoms with Crippen molar-refractivity contribution in [1.29, 1.82) is 0 Å². The molecular formula is C13H11Cl2N3O. The molecule has 0 unspecified atom stereocenters. The lowest BCUT2D eigenvalue weighted by molar-refractivity contribution is -0.114.